The van der Waals surface area contributed by atoms with Crippen LogP contribution in [-0.4, -0.2) is 51.4 Å². The highest BCUT2D eigenvalue weighted by atomic mass is 35.5. The molecule has 2 N–H and O–H groups in total. The largest absolute Gasteiger partial charge is 0.483 e. The Bertz CT molecular complexity index is 994. The molecule has 1 aromatic heterocycles. The first-order valence-corrected chi connectivity index (χ1v) is 10.8. The summed E-state index contributed by atoms with van der Waals surface area (Å²) >= 11 is 6.05. The number of hydrogen-bond acceptors (Lipinski definition) is 4. The molecule has 11 heteroatoms. The van der Waals surface area contributed by atoms with Crippen LogP contribution < -0.4 is 10.1 Å². The van der Waals surface area contributed by atoms with Crippen LogP contribution in [0.25, 0.3) is 0 Å². The number of benzene rings is 1. The van der Waals surface area contributed by atoms with Gasteiger partial charge >= 0.3 is 12.3 Å². The zero-order chi connectivity index (χ0) is 25.7. The molecule has 0 bridgehead atoms. The molecule has 0 fully saturated rings. The predicted molar refractivity (Wildman–Crippen MR) is 121 cm³/mol. The number of pyridine rings is 1. The van der Waals surface area contributed by atoms with Crippen molar-refractivity contribution >= 4 is 23.6 Å². The molecule has 0 aliphatic heterocycles. The van der Waals surface area contributed by atoms with E-state index >= 15 is 0 Å². The lowest BCUT2D eigenvalue weighted by Gasteiger charge is -2.39. The maximum absolute atomic E-state index is 13.3. The summed E-state index contributed by atoms with van der Waals surface area (Å²) in [5.41, 5.74) is 0.165. The minimum atomic E-state index is -4.47. The number of carbonyl (C=O) groups excluding carboxylic acids is 1. The normalized spacial score (nSPS) is 13.6. The molecule has 7 nitrogen and oxygen atoms in total. The summed E-state index contributed by atoms with van der Waals surface area (Å²) in [6.07, 6.45) is -4.51. The Kier molecular flexibility index (Phi) is 8.77. The number of nitrogens with one attached hydrogen (secondary N) is 1. The van der Waals surface area contributed by atoms with Crippen molar-refractivity contribution < 1.29 is 32.6 Å². The Morgan fingerprint density at radius 3 is 2.38 bits per heavy atom. The summed E-state index contributed by atoms with van der Waals surface area (Å²) in [4.78, 5) is 30.5. The Labute approximate surface area is 200 Å². The van der Waals surface area contributed by atoms with Crippen molar-refractivity contribution in [3.63, 3.8) is 0 Å². The molecule has 2 atom stereocenters. The van der Waals surface area contributed by atoms with E-state index in [-0.39, 0.29) is 12.2 Å². The van der Waals surface area contributed by atoms with Crippen LogP contribution in [-0.2, 0) is 11.2 Å². The van der Waals surface area contributed by atoms with Gasteiger partial charge < -0.3 is 15.2 Å². The summed E-state index contributed by atoms with van der Waals surface area (Å²) in [6, 6.07) is 7.82. The number of aromatic nitrogens is 1. The smallest absolute Gasteiger partial charge is 0.422 e. The lowest BCUT2D eigenvalue weighted by molar-refractivity contribution is -0.153. The maximum Gasteiger partial charge on any atom is 0.422 e. The number of nitrogens with zero attached hydrogens (tertiary/aromatic N) is 2. The van der Waals surface area contributed by atoms with E-state index in [1.165, 1.54) is 12.1 Å². The summed E-state index contributed by atoms with van der Waals surface area (Å²) in [5.74, 6) is -0.618. The molecule has 34 heavy (non-hydrogen) atoms. The van der Waals surface area contributed by atoms with E-state index in [0.717, 1.165) is 11.1 Å². The second-order valence-electron chi connectivity index (χ2n) is 8.73. The second kappa shape index (κ2) is 10.9. The van der Waals surface area contributed by atoms with Gasteiger partial charge in [-0.2, -0.15) is 13.2 Å². The number of hydrogen-bond donors (Lipinski definition) is 2. The fraction of sp³-hybridized carbons (Fsp3) is 0.435. The lowest BCUT2D eigenvalue weighted by Crippen LogP contribution is -2.57. The fourth-order valence-corrected chi connectivity index (χ4v) is 3.57. The van der Waals surface area contributed by atoms with Gasteiger partial charge in [0.25, 0.3) is 0 Å². The van der Waals surface area contributed by atoms with Crippen molar-refractivity contribution in [2.45, 2.75) is 57.9 Å². The number of alkyl halides is 3. The molecular weight excluding hydrogens is 475 g/mol. The van der Waals surface area contributed by atoms with Gasteiger partial charge in [0.15, 0.2) is 6.61 Å². The molecule has 0 aliphatic carbocycles. The molecule has 1 heterocycles. The second-order valence-corrected chi connectivity index (χ2v) is 9.16. The van der Waals surface area contributed by atoms with Crippen molar-refractivity contribution in [2.75, 3.05) is 6.61 Å². The van der Waals surface area contributed by atoms with E-state index in [2.05, 4.69) is 15.0 Å². The van der Waals surface area contributed by atoms with Crippen molar-refractivity contribution in [3.8, 4) is 5.75 Å². The van der Waals surface area contributed by atoms with Crippen LogP contribution in [0.5, 0.6) is 5.75 Å². The zero-order valence-electron chi connectivity index (χ0n) is 19.2. The first-order chi connectivity index (χ1) is 15.7. The lowest BCUT2D eigenvalue weighted by atomic mass is 9.97. The van der Waals surface area contributed by atoms with Gasteiger partial charge in [-0.15, -0.1) is 0 Å². The predicted octanol–water partition coefficient (Wildman–Crippen LogP) is 5.24. The van der Waals surface area contributed by atoms with Crippen LogP contribution in [0.1, 0.15) is 45.0 Å². The Morgan fingerprint density at radius 1 is 1.21 bits per heavy atom. The van der Waals surface area contributed by atoms with Gasteiger partial charge in [-0.25, -0.2) is 4.79 Å². The van der Waals surface area contributed by atoms with E-state index in [1.54, 1.807) is 52.0 Å². The highest BCUT2D eigenvalue weighted by Crippen LogP contribution is 2.24. The standard InChI is InChI=1S/C23H27ClF3N3O4/c1-14(18-9-8-17(12-28-18)34-13-23(25,26)27)29-20(31)19(30(21(32)33)22(2,3)4)11-15-6-5-7-16(24)10-15/h5-10,12,14,19H,11,13H2,1-4H3,(H,29,31)(H,32,33)/t14-,19?/m1/s1. The summed E-state index contributed by atoms with van der Waals surface area (Å²) < 4.78 is 41.6. The number of ether oxygens (including phenoxy) is 1. The highest BCUT2D eigenvalue weighted by Gasteiger charge is 2.38. The Hall–Kier alpha value is -3.01. The molecule has 0 aliphatic rings. The molecule has 0 spiro atoms. The monoisotopic (exact) mass is 501 g/mol. The van der Waals surface area contributed by atoms with Gasteiger partial charge in [0, 0.05) is 17.0 Å². The molecule has 2 amide bonds. The van der Waals surface area contributed by atoms with Gasteiger partial charge in [-0.1, -0.05) is 23.7 Å². The van der Waals surface area contributed by atoms with Crippen LogP contribution >= 0.6 is 11.6 Å². The first-order valence-electron chi connectivity index (χ1n) is 10.4. The van der Waals surface area contributed by atoms with Gasteiger partial charge in [0.05, 0.1) is 17.9 Å². The fourth-order valence-electron chi connectivity index (χ4n) is 3.36. The quantitative estimate of drug-likeness (QED) is 0.516. The third-order valence-electron chi connectivity index (χ3n) is 4.83. The highest BCUT2D eigenvalue weighted by molar-refractivity contribution is 6.30. The van der Waals surface area contributed by atoms with E-state index in [1.807, 2.05) is 0 Å². The van der Waals surface area contributed by atoms with Gasteiger partial charge in [-0.3, -0.25) is 14.7 Å². The van der Waals surface area contributed by atoms with Crippen LogP contribution in [0.15, 0.2) is 42.6 Å². The molecule has 0 saturated carbocycles. The molecule has 186 valence electrons. The average Bonchev–Trinajstić information content (AvgIpc) is 2.70. The topological polar surface area (TPSA) is 91.8 Å². The van der Waals surface area contributed by atoms with Crippen molar-refractivity contribution in [2.24, 2.45) is 0 Å². The molecule has 2 rings (SSSR count). The Morgan fingerprint density at radius 2 is 1.88 bits per heavy atom. The number of carboxylic acid groups (broad SMARTS) is 1. The third-order valence-corrected chi connectivity index (χ3v) is 5.06. The van der Waals surface area contributed by atoms with Crippen LogP contribution in [0.4, 0.5) is 18.0 Å². The number of rotatable bonds is 8. The van der Waals surface area contributed by atoms with Crippen LogP contribution in [0.2, 0.25) is 5.02 Å². The van der Waals surface area contributed by atoms with E-state index in [4.69, 9.17) is 11.6 Å². The van der Waals surface area contributed by atoms with Gasteiger partial charge in [0.1, 0.15) is 11.8 Å². The van der Waals surface area contributed by atoms with E-state index < -0.39 is 42.4 Å². The third kappa shape index (κ3) is 8.09. The molecule has 0 radical (unpaired) electrons. The maximum atomic E-state index is 13.3. The molecule has 2 aromatic rings. The first kappa shape index (κ1) is 27.2. The Balaban J connectivity index is 2.22. The van der Waals surface area contributed by atoms with Crippen molar-refractivity contribution in [1.82, 2.24) is 15.2 Å². The van der Waals surface area contributed by atoms with Gasteiger partial charge in [0.2, 0.25) is 5.91 Å². The number of carbonyl (C=O) groups is 2. The summed E-state index contributed by atoms with van der Waals surface area (Å²) in [6.45, 7) is 5.25. The minimum Gasteiger partial charge on any atom is -0.483 e. The van der Waals surface area contributed by atoms with Crippen molar-refractivity contribution in [1.29, 1.82) is 0 Å². The molecular formula is C23H27ClF3N3O4. The minimum absolute atomic E-state index is 0.0665. The molecule has 1 aromatic carbocycles. The number of amides is 2. The summed E-state index contributed by atoms with van der Waals surface area (Å²) in [7, 11) is 0. The van der Waals surface area contributed by atoms with Crippen molar-refractivity contribution in [3.05, 3.63) is 58.9 Å². The van der Waals surface area contributed by atoms with Crippen LogP contribution in [0.3, 0.4) is 0 Å². The molecule has 0 saturated heterocycles. The average molecular weight is 502 g/mol. The van der Waals surface area contributed by atoms with E-state index in [0.29, 0.717) is 16.3 Å². The number of halogens is 4. The van der Waals surface area contributed by atoms with Crippen LogP contribution in [0, 0.1) is 0 Å². The zero-order valence-corrected chi connectivity index (χ0v) is 19.9. The summed E-state index contributed by atoms with van der Waals surface area (Å²) in [5, 5.41) is 13.1. The molecule has 1 unspecified atom stereocenters. The SMILES string of the molecule is C[C@@H](NC(=O)C(Cc1cccc(Cl)c1)N(C(=O)O)C(C)(C)C)c1ccc(OCC(F)(F)F)cn1. The van der Waals surface area contributed by atoms with Gasteiger partial charge in [-0.05, 0) is 57.5 Å². The van der Waals surface area contributed by atoms with E-state index in [9.17, 15) is 27.9 Å².